The molecule has 0 bridgehead atoms. The first kappa shape index (κ1) is 10.1. The van der Waals surface area contributed by atoms with Crippen molar-refractivity contribution in [2.45, 2.75) is 6.92 Å². The monoisotopic (exact) mass is 178 g/mol. The Morgan fingerprint density at radius 3 is 2.92 bits per heavy atom. The Morgan fingerprint density at radius 1 is 1.54 bits per heavy atom. The summed E-state index contributed by atoms with van der Waals surface area (Å²) in [5.41, 5.74) is 2.49. The van der Waals surface area contributed by atoms with Gasteiger partial charge >= 0.3 is 0 Å². The molecule has 2 heteroatoms. The second kappa shape index (κ2) is 4.87. The zero-order chi connectivity index (χ0) is 9.68. The van der Waals surface area contributed by atoms with E-state index in [2.05, 4.69) is 36.0 Å². The van der Waals surface area contributed by atoms with Gasteiger partial charge in [0.05, 0.1) is 0 Å². The highest BCUT2D eigenvalue weighted by atomic mass is 15.1. The van der Waals surface area contributed by atoms with E-state index in [4.69, 9.17) is 0 Å². The average molecular weight is 178 g/mol. The lowest BCUT2D eigenvalue weighted by Gasteiger charge is -2.12. The van der Waals surface area contributed by atoms with Crippen LogP contribution in [0.2, 0.25) is 0 Å². The van der Waals surface area contributed by atoms with E-state index in [1.165, 1.54) is 11.3 Å². The Balaban J connectivity index is 2.87. The van der Waals surface area contributed by atoms with Gasteiger partial charge in [0.25, 0.3) is 0 Å². The molecule has 1 aliphatic heterocycles. The fourth-order valence-electron chi connectivity index (χ4n) is 1.50. The summed E-state index contributed by atoms with van der Waals surface area (Å²) in [4.78, 5) is 2.30. The summed E-state index contributed by atoms with van der Waals surface area (Å²) in [6, 6.07) is 0. The van der Waals surface area contributed by atoms with Crippen molar-refractivity contribution in [2.75, 3.05) is 26.7 Å². The van der Waals surface area contributed by atoms with Crippen molar-refractivity contribution >= 4 is 0 Å². The number of allylic oxidation sites excluding steroid dienone is 2. The first-order valence-corrected chi connectivity index (χ1v) is 4.68. The van der Waals surface area contributed by atoms with E-state index in [9.17, 15) is 0 Å². The number of nitrogens with one attached hydrogen (secondary N) is 1. The fourth-order valence-corrected chi connectivity index (χ4v) is 1.50. The SMILES string of the molecule is C=CC1=C(/C=C\C)CN(C)CCN1. The summed E-state index contributed by atoms with van der Waals surface area (Å²) in [7, 11) is 2.14. The molecule has 13 heavy (non-hydrogen) atoms. The first-order valence-electron chi connectivity index (χ1n) is 4.68. The highest BCUT2D eigenvalue weighted by Crippen LogP contribution is 2.09. The van der Waals surface area contributed by atoms with Crippen LogP contribution in [-0.2, 0) is 0 Å². The highest BCUT2D eigenvalue weighted by Gasteiger charge is 2.08. The van der Waals surface area contributed by atoms with Gasteiger partial charge in [-0.1, -0.05) is 18.7 Å². The van der Waals surface area contributed by atoms with Gasteiger partial charge in [0.1, 0.15) is 0 Å². The van der Waals surface area contributed by atoms with Crippen LogP contribution in [0, 0.1) is 0 Å². The molecule has 0 amide bonds. The zero-order valence-electron chi connectivity index (χ0n) is 8.51. The third-order valence-electron chi connectivity index (χ3n) is 2.17. The number of nitrogens with zero attached hydrogens (tertiary/aromatic N) is 1. The van der Waals surface area contributed by atoms with Crippen molar-refractivity contribution in [3.05, 3.63) is 36.1 Å². The van der Waals surface area contributed by atoms with Crippen LogP contribution < -0.4 is 5.32 Å². The molecular weight excluding hydrogens is 160 g/mol. The Kier molecular flexibility index (Phi) is 3.77. The maximum absolute atomic E-state index is 3.81. The van der Waals surface area contributed by atoms with Crippen molar-refractivity contribution in [3.63, 3.8) is 0 Å². The van der Waals surface area contributed by atoms with Crippen molar-refractivity contribution in [1.29, 1.82) is 0 Å². The van der Waals surface area contributed by atoms with E-state index >= 15 is 0 Å². The second-order valence-corrected chi connectivity index (χ2v) is 3.31. The summed E-state index contributed by atoms with van der Waals surface area (Å²) in [5, 5.41) is 3.37. The molecule has 0 fully saturated rings. The summed E-state index contributed by atoms with van der Waals surface area (Å²) in [6.45, 7) is 8.93. The maximum Gasteiger partial charge on any atom is 0.0380 e. The zero-order valence-corrected chi connectivity index (χ0v) is 8.51. The number of hydrogen-bond acceptors (Lipinski definition) is 2. The van der Waals surface area contributed by atoms with Crippen LogP contribution in [0.15, 0.2) is 36.1 Å². The molecule has 72 valence electrons. The molecule has 1 aliphatic rings. The average Bonchev–Trinajstić information content (AvgIpc) is 2.28. The summed E-state index contributed by atoms with van der Waals surface area (Å²) < 4.78 is 0. The topological polar surface area (TPSA) is 15.3 Å². The van der Waals surface area contributed by atoms with Crippen LogP contribution in [-0.4, -0.2) is 31.6 Å². The largest absolute Gasteiger partial charge is 0.384 e. The van der Waals surface area contributed by atoms with Crippen LogP contribution in [0.4, 0.5) is 0 Å². The van der Waals surface area contributed by atoms with Gasteiger partial charge in [-0.15, -0.1) is 0 Å². The van der Waals surface area contributed by atoms with Crippen LogP contribution in [0.5, 0.6) is 0 Å². The molecule has 0 spiro atoms. The van der Waals surface area contributed by atoms with E-state index in [-0.39, 0.29) is 0 Å². The van der Waals surface area contributed by atoms with Gasteiger partial charge in [0, 0.05) is 25.3 Å². The Bertz CT molecular complexity index is 238. The molecule has 2 nitrogen and oxygen atoms in total. The van der Waals surface area contributed by atoms with E-state index in [1.807, 2.05) is 13.0 Å². The highest BCUT2D eigenvalue weighted by molar-refractivity contribution is 5.32. The van der Waals surface area contributed by atoms with Crippen molar-refractivity contribution in [3.8, 4) is 0 Å². The van der Waals surface area contributed by atoms with Gasteiger partial charge in [0.15, 0.2) is 0 Å². The number of rotatable bonds is 2. The quantitative estimate of drug-likeness (QED) is 0.690. The molecule has 0 aromatic rings. The molecule has 0 atom stereocenters. The molecule has 1 N–H and O–H groups in total. The second-order valence-electron chi connectivity index (χ2n) is 3.31. The maximum atomic E-state index is 3.81. The number of hydrogen-bond donors (Lipinski definition) is 1. The molecule has 0 aliphatic carbocycles. The lowest BCUT2D eigenvalue weighted by Crippen LogP contribution is -2.24. The molecule has 1 heterocycles. The first-order chi connectivity index (χ1) is 6.27. The van der Waals surface area contributed by atoms with E-state index in [0.29, 0.717) is 0 Å². The molecule has 0 unspecified atom stereocenters. The third-order valence-corrected chi connectivity index (χ3v) is 2.17. The Labute approximate surface area is 80.6 Å². The van der Waals surface area contributed by atoms with Crippen molar-refractivity contribution in [2.24, 2.45) is 0 Å². The Morgan fingerprint density at radius 2 is 2.31 bits per heavy atom. The summed E-state index contributed by atoms with van der Waals surface area (Å²) in [6.07, 6.45) is 6.11. The minimum Gasteiger partial charge on any atom is -0.384 e. The van der Waals surface area contributed by atoms with Crippen molar-refractivity contribution < 1.29 is 0 Å². The molecule has 0 aromatic carbocycles. The third kappa shape index (κ3) is 2.74. The van der Waals surface area contributed by atoms with E-state index in [1.54, 1.807) is 0 Å². The molecule has 0 saturated carbocycles. The standard InChI is InChI=1S/C11H18N2/c1-4-6-10-9-13(3)8-7-12-11(10)5-2/h4-6,12H,2,7-9H2,1,3H3/b6-4-. The smallest absolute Gasteiger partial charge is 0.0380 e. The van der Waals surface area contributed by atoms with Crippen LogP contribution in [0.1, 0.15) is 6.92 Å². The van der Waals surface area contributed by atoms with E-state index < -0.39 is 0 Å². The van der Waals surface area contributed by atoms with Gasteiger partial charge in [-0.2, -0.15) is 0 Å². The predicted octanol–water partition coefficient (Wildman–Crippen LogP) is 1.54. The summed E-state index contributed by atoms with van der Waals surface area (Å²) >= 11 is 0. The normalized spacial score (nSPS) is 20.2. The molecule has 0 radical (unpaired) electrons. The fraction of sp³-hybridized carbons (Fsp3) is 0.455. The van der Waals surface area contributed by atoms with Crippen LogP contribution >= 0.6 is 0 Å². The molecular formula is C11H18N2. The van der Waals surface area contributed by atoms with Gasteiger partial charge in [-0.05, 0) is 25.6 Å². The molecule has 0 saturated heterocycles. The predicted molar refractivity (Wildman–Crippen MR) is 57.5 cm³/mol. The minimum atomic E-state index is 0.999. The van der Waals surface area contributed by atoms with Crippen LogP contribution in [0.25, 0.3) is 0 Å². The van der Waals surface area contributed by atoms with Gasteiger partial charge in [0.2, 0.25) is 0 Å². The van der Waals surface area contributed by atoms with Crippen LogP contribution in [0.3, 0.4) is 0 Å². The van der Waals surface area contributed by atoms with Gasteiger partial charge in [-0.3, -0.25) is 0 Å². The van der Waals surface area contributed by atoms with Gasteiger partial charge in [-0.25, -0.2) is 0 Å². The number of likely N-dealkylation sites (N-methyl/N-ethyl adjacent to an activating group) is 1. The lowest BCUT2D eigenvalue weighted by atomic mass is 10.2. The summed E-state index contributed by atoms with van der Waals surface area (Å²) in [5.74, 6) is 0. The van der Waals surface area contributed by atoms with E-state index in [0.717, 1.165) is 19.6 Å². The minimum absolute atomic E-state index is 0.999. The lowest BCUT2D eigenvalue weighted by molar-refractivity contribution is 0.376. The Hall–Kier alpha value is -1.02. The molecule has 1 rings (SSSR count). The molecule has 0 aromatic heterocycles. The van der Waals surface area contributed by atoms with Gasteiger partial charge < -0.3 is 10.2 Å². The van der Waals surface area contributed by atoms with Crippen molar-refractivity contribution in [1.82, 2.24) is 10.2 Å².